The van der Waals surface area contributed by atoms with Crippen LogP contribution < -0.4 is 9.47 Å². The van der Waals surface area contributed by atoms with Gasteiger partial charge in [0.25, 0.3) is 11.8 Å². The van der Waals surface area contributed by atoms with Crippen molar-refractivity contribution in [3.63, 3.8) is 0 Å². The molecule has 10 heteroatoms. The number of imide groups is 1. The highest BCUT2D eigenvalue weighted by atomic mass is 32.2. The van der Waals surface area contributed by atoms with Gasteiger partial charge in [-0.25, -0.2) is 13.4 Å². The van der Waals surface area contributed by atoms with E-state index in [2.05, 4.69) is 9.97 Å². The minimum atomic E-state index is -3.70. The van der Waals surface area contributed by atoms with Gasteiger partial charge in [-0.2, -0.15) is 0 Å². The molecular formula is C24H25N3O6S. The lowest BCUT2D eigenvalue weighted by molar-refractivity contribution is 0.0654. The first-order valence-corrected chi connectivity index (χ1v) is 12.7. The normalized spacial score (nSPS) is 14.3. The van der Waals surface area contributed by atoms with Crippen molar-refractivity contribution in [1.29, 1.82) is 0 Å². The molecule has 2 aromatic carbocycles. The third-order valence-corrected chi connectivity index (χ3v) is 7.18. The first-order chi connectivity index (χ1) is 16.2. The highest BCUT2D eigenvalue weighted by Crippen LogP contribution is 2.35. The highest BCUT2D eigenvalue weighted by molar-refractivity contribution is 7.91. The quantitative estimate of drug-likeness (QED) is 0.465. The summed E-state index contributed by atoms with van der Waals surface area (Å²) in [5, 5.41) is -1.13. The van der Waals surface area contributed by atoms with Gasteiger partial charge in [0, 0.05) is 25.1 Å². The summed E-state index contributed by atoms with van der Waals surface area (Å²) in [6.07, 6.45) is 4.72. The van der Waals surface area contributed by atoms with E-state index in [0.717, 1.165) is 11.2 Å². The van der Waals surface area contributed by atoms with E-state index >= 15 is 0 Å². The van der Waals surface area contributed by atoms with E-state index in [1.807, 2.05) is 0 Å². The fraction of sp³-hybridized carbons (Fsp3) is 0.292. The summed E-state index contributed by atoms with van der Waals surface area (Å²) >= 11 is 0. The SMILES string of the molecule is CCOc1cc(C(CN2C(=O)c3cccc(Cc4ncc[nH]4)c3C2=O)S(C)(=O)=O)ccc1OC. The third kappa shape index (κ3) is 4.41. The molecule has 178 valence electrons. The van der Waals surface area contributed by atoms with Gasteiger partial charge in [-0.15, -0.1) is 0 Å². The van der Waals surface area contributed by atoms with Crippen LogP contribution in [0.1, 0.15) is 49.8 Å². The smallest absolute Gasteiger partial charge is 0.261 e. The molecule has 0 saturated heterocycles. The van der Waals surface area contributed by atoms with Crippen LogP contribution in [0.2, 0.25) is 0 Å². The van der Waals surface area contributed by atoms with E-state index in [-0.39, 0.29) is 17.7 Å². The first kappa shape index (κ1) is 23.5. The number of hydrogen-bond donors (Lipinski definition) is 1. The Morgan fingerprint density at radius 3 is 2.56 bits per heavy atom. The lowest BCUT2D eigenvalue weighted by Gasteiger charge is -2.22. The number of nitrogens with zero attached hydrogens (tertiary/aromatic N) is 2. The fourth-order valence-electron chi connectivity index (χ4n) is 4.11. The Hall–Kier alpha value is -3.66. The summed E-state index contributed by atoms with van der Waals surface area (Å²) in [5.74, 6) is 0.464. The van der Waals surface area contributed by atoms with Crippen LogP contribution in [0, 0.1) is 0 Å². The standard InChI is InChI=1S/C24H25N3O6S/c1-4-33-19-12-15(8-9-18(19)32-2)20(34(3,30)31)14-27-23(28)17-7-5-6-16(22(17)24(27)29)13-21-25-10-11-26-21/h5-12,20H,4,13-14H2,1-3H3,(H,25,26). The number of methoxy groups -OCH3 is 1. The van der Waals surface area contributed by atoms with Crippen LogP contribution >= 0.6 is 0 Å². The van der Waals surface area contributed by atoms with Crippen LogP contribution in [0.5, 0.6) is 11.5 Å². The van der Waals surface area contributed by atoms with Crippen molar-refractivity contribution in [3.8, 4) is 11.5 Å². The second kappa shape index (κ2) is 9.30. The Labute approximate surface area is 197 Å². The van der Waals surface area contributed by atoms with Crippen LogP contribution in [0.15, 0.2) is 48.8 Å². The first-order valence-electron chi connectivity index (χ1n) is 10.7. The van der Waals surface area contributed by atoms with Crippen molar-refractivity contribution in [2.75, 3.05) is 26.5 Å². The zero-order valence-corrected chi connectivity index (χ0v) is 19.9. The van der Waals surface area contributed by atoms with Crippen LogP contribution in [-0.2, 0) is 16.3 Å². The number of hydrogen-bond acceptors (Lipinski definition) is 7. The molecule has 0 aliphatic carbocycles. The van der Waals surface area contributed by atoms with Crippen LogP contribution in [0.4, 0.5) is 0 Å². The molecule has 2 heterocycles. The highest BCUT2D eigenvalue weighted by Gasteiger charge is 2.40. The number of imidazole rings is 1. The molecule has 9 nitrogen and oxygen atoms in total. The van der Waals surface area contributed by atoms with Gasteiger partial charge in [0.2, 0.25) is 0 Å². The number of rotatable bonds is 9. The molecule has 2 amide bonds. The molecule has 0 bridgehead atoms. The molecule has 1 aromatic heterocycles. The molecule has 0 fully saturated rings. The molecule has 0 saturated carbocycles. The number of carbonyl (C=O) groups is 2. The molecule has 1 unspecified atom stereocenters. The molecule has 1 aliphatic heterocycles. The van der Waals surface area contributed by atoms with E-state index in [0.29, 0.717) is 41.5 Å². The zero-order chi connectivity index (χ0) is 24.5. The number of benzene rings is 2. The number of aromatic nitrogens is 2. The molecule has 1 aliphatic rings. The molecule has 4 rings (SSSR count). The Morgan fingerprint density at radius 1 is 1.12 bits per heavy atom. The predicted octanol–water partition coefficient (Wildman–Crippen LogP) is 2.79. The van der Waals surface area contributed by atoms with Crippen molar-refractivity contribution >= 4 is 21.7 Å². The van der Waals surface area contributed by atoms with Crippen molar-refractivity contribution in [2.45, 2.75) is 18.6 Å². The van der Waals surface area contributed by atoms with Gasteiger partial charge in [-0.3, -0.25) is 14.5 Å². The van der Waals surface area contributed by atoms with E-state index in [1.165, 1.54) is 7.11 Å². The van der Waals surface area contributed by atoms with E-state index in [9.17, 15) is 18.0 Å². The topological polar surface area (TPSA) is 119 Å². The number of ether oxygens (including phenoxy) is 2. The lowest BCUT2D eigenvalue weighted by Crippen LogP contribution is -2.36. The minimum absolute atomic E-state index is 0.256. The number of amides is 2. The second-order valence-electron chi connectivity index (χ2n) is 7.93. The number of fused-ring (bicyclic) bond motifs is 1. The number of carbonyl (C=O) groups excluding carboxylic acids is 2. The Kier molecular flexibility index (Phi) is 6.43. The molecule has 3 aromatic rings. The fourth-order valence-corrected chi connectivity index (χ4v) is 5.17. The molecule has 0 radical (unpaired) electrons. The summed E-state index contributed by atoms with van der Waals surface area (Å²) in [7, 11) is -2.21. The van der Waals surface area contributed by atoms with Gasteiger partial charge in [0.1, 0.15) is 11.1 Å². The van der Waals surface area contributed by atoms with Crippen molar-refractivity contribution in [2.24, 2.45) is 0 Å². The Balaban J connectivity index is 1.69. The van der Waals surface area contributed by atoms with Gasteiger partial charge >= 0.3 is 0 Å². The van der Waals surface area contributed by atoms with Gasteiger partial charge in [0.15, 0.2) is 21.3 Å². The average molecular weight is 484 g/mol. The maximum absolute atomic E-state index is 13.4. The second-order valence-corrected chi connectivity index (χ2v) is 10.2. The zero-order valence-electron chi connectivity index (χ0n) is 19.1. The van der Waals surface area contributed by atoms with Crippen LogP contribution in [0.25, 0.3) is 0 Å². The maximum atomic E-state index is 13.4. The summed E-state index contributed by atoms with van der Waals surface area (Å²) in [4.78, 5) is 34.7. The molecule has 0 spiro atoms. The summed E-state index contributed by atoms with van der Waals surface area (Å²) < 4.78 is 36.4. The van der Waals surface area contributed by atoms with Gasteiger partial charge in [-0.1, -0.05) is 18.2 Å². The number of aromatic amines is 1. The van der Waals surface area contributed by atoms with Crippen LogP contribution in [-0.4, -0.2) is 61.6 Å². The number of nitrogens with one attached hydrogen (secondary N) is 1. The maximum Gasteiger partial charge on any atom is 0.261 e. The molecular weight excluding hydrogens is 458 g/mol. The predicted molar refractivity (Wildman–Crippen MR) is 125 cm³/mol. The third-order valence-electron chi connectivity index (χ3n) is 5.72. The van der Waals surface area contributed by atoms with Gasteiger partial charge in [-0.05, 0) is 36.2 Å². The minimum Gasteiger partial charge on any atom is -0.493 e. The largest absolute Gasteiger partial charge is 0.493 e. The van der Waals surface area contributed by atoms with Crippen molar-refractivity contribution in [1.82, 2.24) is 14.9 Å². The van der Waals surface area contributed by atoms with Crippen LogP contribution in [0.3, 0.4) is 0 Å². The Morgan fingerprint density at radius 2 is 1.91 bits per heavy atom. The van der Waals surface area contributed by atoms with Gasteiger partial charge in [0.05, 0.1) is 31.4 Å². The number of sulfone groups is 1. The van der Waals surface area contributed by atoms with E-state index < -0.39 is 26.9 Å². The summed E-state index contributed by atoms with van der Waals surface area (Å²) in [6, 6.07) is 9.85. The molecule has 34 heavy (non-hydrogen) atoms. The van der Waals surface area contributed by atoms with Crippen molar-refractivity contribution in [3.05, 3.63) is 76.9 Å². The Bertz CT molecular complexity index is 1330. The average Bonchev–Trinajstić information content (AvgIpc) is 3.39. The molecule has 1 atom stereocenters. The lowest BCUT2D eigenvalue weighted by atomic mass is 10.0. The van der Waals surface area contributed by atoms with E-state index in [4.69, 9.17) is 9.47 Å². The number of H-pyrrole nitrogens is 1. The summed E-state index contributed by atoms with van der Waals surface area (Å²) in [5.41, 5.74) is 1.58. The van der Waals surface area contributed by atoms with E-state index in [1.54, 1.807) is 55.7 Å². The summed E-state index contributed by atoms with van der Waals surface area (Å²) in [6.45, 7) is 1.85. The van der Waals surface area contributed by atoms with Crippen molar-refractivity contribution < 1.29 is 27.5 Å². The molecule has 1 N–H and O–H groups in total. The monoisotopic (exact) mass is 483 g/mol. The van der Waals surface area contributed by atoms with Gasteiger partial charge < -0.3 is 14.5 Å².